The molecule has 32 heavy (non-hydrogen) atoms. The Kier molecular flexibility index (Phi) is 6.00. The smallest absolute Gasteiger partial charge is 0.337 e. The van der Waals surface area contributed by atoms with Crippen LogP contribution in [0.3, 0.4) is 0 Å². The average Bonchev–Trinajstić information content (AvgIpc) is 2.83. The van der Waals surface area contributed by atoms with Crippen LogP contribution in [0.1, 0.15) is 10.4 Å². The van der Waals surface area contributed by atoms with Crippen molar-refractivity contribution in [3.8, 4) is 17.2 Å². The molecule has 1 aliphatic rings. The van der Waals surface area contributed by atoms with Crippen molar-refractivity contribution < 1.29 is 19.0 Å². The Hall–Kier alpha value is -3.59. The number of likely N-dealkylation sites (N-methyl/N-ethyl adjacent to an activating group) is 1. The zero-order chi connectivity index (χ0) is 22.8. The average molecular weight is 438 g/mol. The summed E-state index contributed by atoms with van der Waals surface area (Å²) in [5.74, 6) is 1.16. The predicted octanol–water partition coefficient (Wildman–Crippen LogP) is 1.94. The van der Waals surface area contributed by atoms with Crippen LogP contribution in [0, 0.1) is 0 Å². The predicted molar refractivity (Wildman–Crippen MR) is 121 cm³/mol. The molecule has 0 radical (unpaired) electrons. The minimum absolute atomic E-state index is 0.240. The van der Waals surface area contributed by atoms with Crippen LogP contribution in [0.25, 0.3) is 16.6 Å². The summed E-state index contributed by atoms with van der Waals surface area (Å²) in [6.45, 7) is 3.12. The Morgan fingerprint density at radius 1 is 0.938 bits per heavy atom. The van der Waals surface area contributed by atoms with Crippen LogP contribution in [-0.4, -0.2) is 75.0 Å². The number of piperazine rings is 1. The fraction of sp³-hybridized carbons (Fsp3) is 0.348. The molecule has 0 saturated carbocycles. The number of fused-ring (bicyclic) bond motifs is 1. The van der Waals surface area contributed by atoms with Crippen molar-refractivity contribution in [1.29, 1.82) is 0 Å². The van der Waals surface area contributed by atoms with Crippen LogP contribution in [0.5, 0.6) is 11.5 Å². The van der Waals surface area contributed by atoms with Gasteiger partial charge in [0, 0.05) is 44.4 Å². The lowest BCUT2D eigenvalue weighted by molar-refractivity contribution is 0.0601. The number of methoxy groups -OCH3 is 3. The lowest BCUT2D eigenvalue weighted by Crippen LogP contribution is -2.46. The Labute approximate surface area is 185 Å². The fourth-order valence-corrected chi connectivity index (χ4v) is 3.79. The number of hydrogen-bond donors (Lipinski definition) is 0. The summed E-state index contributed by atoms with van der Waals surface area (Å²) in [5.41, 5.74) is 1.14. The molecule has 1 aromatic heterocycles. The molecule has 0 atom stereocenters. The molecule has 2 heterocycles. The topological polar surface area (TPSA) is 86.1 Å². The first-order valence-electron chi connectivity index (χ1n) is 10.3. The lowest BCUT2D eigenvalue weighted by atomic mass is 10.1. The monoisotopic (exact) mass is 438 g/mol. The van der Waals surface area contributed by atoms with Crippen LogP contribution < -0.4 is 19.9 Å². The van der Waals surface area contributed by atoms with Crippen molar-refractivity contribution >= 4 is 22.8 Å². The number of hydrogen-bond acceptors (Lipinski definition) is 8. The minimum Gasteiger partial charge on any atom is -0.497 e. The molecule has 0 unspecified atom stereocenters. The number of esters is 1. The standard InChI is InChI=1S/C23H26N4O5/c1-25-7-9-26(10-8-25)23-24-20-11-15(22(29)32-4)5-6-19(20)21(28)27(23)16-12-17(30-2)14-18(13-16)31-3/h5-6,11-14H,7-10H2,1-4H3. The number of nitrogens with zero attached hydrogens (tertiary/aromatic N) is 4. The van der Waals surface area contributed by atoms with Gasteiger partial charge in [0.15, 0.2) is 0 Å². The highest BCUT2D eigenvalue weighted by molar-refractivity contribution is 5.94. The number of carbonyl (C=O) groups excluding carboxylic acids is 1. The van der Waals surface area contributed by atoms with Gasteiger partial charge in [-0.2, -0.15) is 0 Å². The van der Waals surface area contributed by atoms with Crippen molar-refractivity contribution in [3.63, 3.8) is 0 Å². The maximum absolute atomic E-state index is 13.7. The van der Waals surface area contributed by atoms with Crippen LogP contribution in [0.2, 0.25) is 0 Å². The summed E-state index contributed by atoms with van der Waals surface area (Å²) in [7, 11) is 6.52. The quantitative estimate of drug-likeness (QED) is 0.559. The van der Waals surface area contributed by atoms with Crippen molar-refractivity contribution in [2.75, 3.05) is 59.5 Å². The number of anilines is 1. The van der Waals surface area contributed by atoms with Crippen molar-refractivity contribution in [2.45, 2.75) is 0 Å². The maximum Gasteiger partial charge on any atom is 0.337 e. The Bertz CT molecular complexity index is 1190. The first-order chi connectivity index (χ1) is 15.4. The van der Waals surface area contributed by atoms with E-state index in [0.717, 1.165) is 13.1 Å². The zero-order valence-electron chi connectivity index (χ0n) is 18.6. The zero-order valence-corrected chi connectivity index (χ0v) is 18.6. The highest BCUT2D eigenvalue weighted by Crippen LogP contribution is 2.28. The number of aromatic nitrogens is 2. The first-order valence-corrected chi connectivity index (χ1v) is 10.3. The molecule has 4 rings (SSSR count). The van der Waals surface area contributed by atoms with Gasteiger partial charge in [-0.05, 0) is 25.2 Å². The molecule has 0 amide bonds. The second kappa shape index (κ2) is 8.88. The van der Waals surface area contributed by atoms with Gasteiger partial charge in [-0.15, -0.1) is 0 Å². The number of carbonyl (C=O) groups is 1. The lowest BCUT2D eigenvalue weighted by Gasteiger charge is -2.34. The van der Waals surface area contributed by atoms with Crippen molar-refractivity contribution in [3.05, 3.63) is 52.3 Å². The molecular weight excluding hydrogens is 412 g/mol. The summed E-state index contributed by atoms with van der Waals surface area (Å²) in [6, 6.07) is 10.1. The molecule has 0 N–H and O–H groups in total. The van der Waals surface area contributed by atoms with Gasteiger partial charge in [-0.3, -0.25) is 4.79 Å². The SMILES string of the molecule is COC(=O)c1ccc2c(=O)n(-c3cc(OC)cc(OC)c3)c(N3CCN(C)CC3)nc2c1. The molecule has 1 aliphatic heterocycles. The molecule has 9 nitrogen and oxygen atoms in total. The molecule has 2 aromatic carbocycles. The van der Waals surface area contributed by atoms with E-state index in [1.807, 2.05) is 0 Å². The van der Waals surface area contributed by atoms with E-state index in [1.54, 1.807) is 55.2 Å². The second-order valence-electron chi connectivity index (χ2n) is 7.64. The van der Waals surface area contributed by atoms with Crippen molar-refractivity contribution in [1.82, 2.24) is 14.5 Å². The van der Waals surface area contributed by atoms with Gasteiger partial charge >= 0.3 is 5.97 Å². The van der Waals surface area contributed by atoms with E-state index in [2.05, 4.69) is 16.8 Å². The number of benzene rings is 2. The van der Waals surface area contributed by atoms with E-state index in [-0.39, 0.29) is 5.56 Å². The molecule has 0 aliphatic carbocycles. The third-order valence-electron chi connectivity index (χ3n) is 5.65. The van der Waals surface area contributed by atoms with Crippen LogP contribution >= 0.6 is 0 Å². The van der Waals surface area contributed by atoms with Crippen LogP contribution in [-0.2, 0) is 4.74 Å². The van der Waals surface area contributed by atoms with Gasteiger partial charge in [-0.25, -0.2) is 14.3 Å². The van der Waals surface area contributed by atoms with Gasteiger partial charge in [-0.1, -0.05) is 0 Å². The van der Waals surface area contributed by atoms with Gasteiger partial charge in [0.25, 0.3) is 5.56 Å². The van der Waals surface area contributed by atoms with Crippen LogP contribution in [0.15, 0.2) is 41.2 Å². The third-order valence-corrected chi connectivity index (χ3v) is 5.65. The van der Waals surface area contributed by atoms with Crippen LogP contribution in [0.4, 0.5) is 5.95 Å². The van der Waals surface area contributed by atoms with Gasteiger partial charge in [0.2, 0.25) is 5.95 Å². The summed E-state index contributed by atoms with van der Waals surface area (Å²) in [5, 5.41) is 0.400. The van der Waals surface area contributed by atoms with E-state index in [9.17, 15) is 9.59 Å². The third kappa shape index (κ3) is 3.99. The molecule has 3 aromatic rings. The summed E-state index contributed by atoms with van der Waals surface area (Å²) in [4.78, 5) is 34.8. The van der Waals surface area contributed by atoms with E-state index in [1.165, 1.54) is 7.11 Å². The molecule has 168 valence electrons. The van der Waals surface area contributed by atoms with E-state index >= 15 is 0 Å². The van der Waals surface area contributed by atoms with Gasteiger partial charge in [0.1, 0.15) is 11.5 Å². The van der Waals surface area contributed by atoms with Gasteiger partial charge in [0.05, 0.1) is 43.5 Å². The molecule has 1 fully saturated rings. The maximum atomic E-state index is 13.7. The van der Waals surface area contributed by atoms with E-state index in [4.69, 9.17) is 19.2 Å². The normalized spacial score (nSPS) is 14.4. The molecule has 0 spiro atoms. The Balaban J connectivity index is 1.98. The second-order valence-corrected chi connectivity index (χ2v) is 7.64. The summed E-state index contributed by atoms with van der Waals surface area (Å²) >= 11 is 0. The fourth-order valence-electron chi connectivity index (χ4n) is 3.79. The summed E-state index contributed by atoms with van der Waals surface area (Å²) in [6.07, 6.45) is 0. The van der Waals surface area contributed by atoms with Gasteiger partial charge < -0.3 is 24.0 Å². The Morgan fingerprint density at radius 3 is 2.19 bits per heavy atom. The Morgan fingerprint density at radius 2 is 1.59 bits per heavy atom. The summed E-state index contributed by atoms with van der Waals surface area (Å²) < 4.78 is 17.2. The first kappa shape index (κ1) is 21.6. The van der Waals surface area contributed by atoms with E-state index in [0.29, 0.717) is 52.7 Å². The number of ether oxygens (including phenoxy) is 3. The number of rotatable bonds is 5. The molecule has 1 saturated heterocycles. The molecule has 0 bridgehead atoms. The largest absolute Gasteiger partial charge is 0.497 e. The highest BCUT2D eigenvalue weighted by atomic mass is 16.5. The molecular formula is C23H26N4O5. The highest BCUT2D eigenvalue weighted by Gasteiger charge is 2.23. The minimum atomic E-state index is -0.475. The van der Waals surface area contributed by atoms with E-state index < -0.39 is 5.97 Å². The van der Waals surface area contributed by atoms with Crippen molar-refractivity contribution in [2.24, 2.45) is 0 Å². The molecule has 9 heteroatoms.